The Hall–Kier alpha value is -4.67. The number of ether oxygens (including phenoxy) is 1. The largest absolute Gasteiger partial charge is 0.467 e. The number of hydrogen-bond donors (Lipinski definition) is 1. The summed E-state index contributed by atoms with van der Waals surface area (Å²) in [6, 6.07) is 8.37. The fraction of sp³-hybridized carbons (Fsp3) is 0.192. The number of halogens is 2. The molecule has 1 atom stereocenters. The minimum Gasteiger partial charge on any atom is -0.467 e. The number of esters is 1. The Morgan fingerprint density at radius 2 is 1.73 bits per heavy atom. The lowest BCUT2D eigenvalue weighted by molar-refractivity contribution is -0.142. The average Bonchev–Trinajstić information content (AvgIpc) is 2.89. The van der Waals surface area contributed by atoms with Gasteiger partial charge in [0.2, 0.25) is 0 Å². The first-order valence-corrected chi connectivity index (χ1v) is 11.1. The van der Waals surface area contributed by atoms with Crippen molar-refractivity contribution in [3.05, 3.63) is 98.5 Å². The van der Waals surface area contributed by atoms with Gasteiger partial charge in [-0.25, -0.2) is 18.4 Å². The van der Waals surface area contributed by atoms with E-state index in [1.165, 1.54) is 31.1 Å². The topological polar surface area (TPSA) is 112 Å². The van der Waals surface area contributed by atoms with E-state index in [0.717, 1.165) is 29.9 Å². The Kier molecular flexibility index (Phi) is 6.96. The van der Waals surface area contributed by atoms with Crippen molar-refractivity contribution in [1.29, 1.82) is 0 Å². The Labute approximate surface area is 209 Å². The molecule has 2 heterocycles. The highest BCUT2D eigenvalue weighted by Crippen LogP contribution is 2.28. The molecule has 0 spiro atoms. The van der Waals surface area contributed by atoms with Crippen LogP contribution in [0.15, 0.2) is 64.4 Å². The van der Waals surface area contributed by atoms with Crippen LogP contribution in [0.3, 0.4) is 0 Å². The van der Waals surface area contributed by atoms with Crippen LogP contribution in [0.4, 0.5) is 8.78 Å². The molecule has 2 aromatic carbocycles. The minimum absolute atomic E-state index is 0.117. The second-order valence-electron chi connectivity index (χ2n) is 8.32. The SMILES string of the molecule is COC(=O)[C@H](Cc1ccc(-c2cn(C)c(=O)n(C)c2=O)c2cccnc12)NC(=O)c1c(F)cccc1F. The molecule has 0 bridgehead atoms. The molecule has 4 aromatic rings. The number of pyridine rings is 1. The highest BCUT2D eigenvalue weighted by molar-refractivity contribution is 5.98. The number of aromatic nitrogens is 3. The molecule has 0 saturated heterocycles. The first-order valence-electron chi connectivity index (χ1n) is 11.1. The smallest absolute Gasteiger partial charge is 0.330 e. The number of rotatable bonds is 6. The van der Waals surface area contributed by atoms with E-state index in [2.05, 4.69) is 10.3 Å². The summed E-state index contributed by atoms with van der Waals surface area (Å²) in [6.07, 6.45) is 2.84. The summed E-state index contributed by atoms with van der Waals surface area (Å²) in [4.78, 5) is 54.5. The standard InChI is InChI=1S/C26H22F2N4O5/c1-31-13-17(24(34)32(2)26(31)36)15-10-9-14(22-16(15)6-5-11-29-22)12-20(25(35)37-3)30-23(33)21-18(27)7-4-8-19(21)28/h4-11,13,20H,12H2,1-3H3,(H,30,33)/t20-/m0/s1. The number of hydrogen-bond acceptors (Lipinski definition) is 6. The quantitative estimate of drug-likeness (QED) is 0.399. The molecule has 0 radical (unpaired) electrons. The summed E-state index contributed by atoms with van der Waals surface area (Å²) >= 11 is 0. The van der Waals surface area contributed by atoms with Crippen molar-refractivity contribution in [2.45, 2.75) is 12.5 Å². The molecule has 4 rings (SSSR count). The van der Waals surface area contributed by atoms with E-state index < -0.39 is 46.4 Å². The van der Waals surface area contributed by atoms with Gasteiger partial charge in [-0.1, -0.05) is 24.3 Å². The molecule has 1 N–H and O–H groups in total. The van der Waals surface area contributed by atoms with E-state index in [-0.39, 0.29) is 12.0 Å². The van der Waals surface area contributed by atoms with Crippen LogP contribution in [0.25, 0.3) is 22.0 Å². The zero-order valence-electron chi connectivity index (χ0n) is 20.1. The van der Waals surface area contributed by atoms with E-state index in [4.69, 9.17) is 4.74 Å². The third-order valence-corrected chi connectivity index (χ3v) is 5.99. The molecule has 11 heteroatoms. The Balaban J connectivity index is 1.77. The number of nitrogens with one attached hydrogen (secondary N) is 1. The molecular formula is C26H22F2N4O5. The summed E-state index contributed by atoms with van der Waals surface area (Å²) in [5, 5.41) is 2.90. The lowest BCUT2D eigenvalue weighted by atomic mass is 9.96. The zero-order chi connectivity index (χ0) is 26.9. The molecule has 0 fully saturated rings. The summed E-state index contributed by atoms with van der Waals surface area (Å²) in [7, 11) is 4.03. The summed E-state index contributed by atoms with van der Waals surface area (Å²) in [5.41, 5.74) is -0.0809. The van der Waals surface area contributed by atoms with Crippen LogP contribution >= 0.6 is 0 Å². The molecular weight excluding hydrogens is 486 g/mol. The maximum Gasteiger partial charge on any atom is 0.330 e. The van der Waals surface area contributed by atoms with Gasteiger partial charge in [0, 0.05) is 38.3 Å². The van der Waals surface area contributed by atoms with Gasteiger partial charge in [-0.3, -0.25) is 19.1 Å². The maximum atomic E-state index is 14.1. The van der Waals surface area contributed by atoms with Gasteiger partial charge in [-0.2, -0.15) is 0 Å². The number of aryl methyl sites for hydroxylation is 1. The van der Waals surface area contributed by atoms with Crippen molar-refractivity contribution in [2.24, 2.45) is 14.1 Å². The third-order valence-electron chi connectivity index (χ3n) is 5.99. The zero-order valence-corrected chi connectivity index (χ0v) is 20.1. The van der Waals surface area contributed by atoms with Gasteiger partial charge in [0.25, 0.3) is 11.5 Å². The monoisotopic (exact) mass is 508 g/mol. The van der Waals surface area contributed by atoms with Crippen LogP contribution in [0.5, 0.6) is 0 Å². The molecule has 9 nitrogen and oxygen atoms in total. The van der Waals surface area contributed by atoms with Crippen molar-refractivity contribution >= 4 is 22.8 Å². The van der Waals surface area contributed by atoms with Crippen LogP contribution < -0.4 is 16.6 Å². The summed E-state index contributed by atoms with van der Waals surface area (Å²) < 4.78 is 35.3. The second kappa shape index (κ2) is 10.1. The minimum atomic E-state index is -1.29. The Morgan fingerprint density at radius 3 is 2.41 bits per heavy atom. The molecule has 0 aliphatic heterocycles. The van der Waals surface area contributed by atoms with E-state index in [1.807, 2.05) is 0 Å². The molecule has 0 aliphatic carbocycles. The van der Waals surface area contributed by atoms with Gasteiger partial charge in [0.15, 0.2) is 0 Å². The lowest BCUT2D eigenvalue weighted by Crippen LogP contribution is -2.43. The molecule has 0 saturated carbocycles. The van der Waals surface area contributed by atoms with Crippen LogP contribution in [0.1, 0.15) is 15.9 Å². The number of carbonyl (C=O) groups excluding carboxylic acids is 2. The summed E-state index contributed by atoms with van der Waals surface area (Å²) in [5.74, 6) is -4.09. The van der Waals surface area contributed by atoms with Crippen LogP contribution in [0.2, 0.25) is 0 Å². The van der Waals surface area contributed by atoms with E-state index in [1.54, 1.807) is 24.3 Å². The van der Waals surface area contributed by atoms with Crippen molar-refractivity contribution in [2.75, 3.05) is 7.11 Å². The fourth-order valence-electron chi connectivity index (χ4n) is 4.12. The van der Waals surface area contributed by atoms with Crippen molar-refractivity contribution in [3.8, 4) is 11.1 Å². The third kappa shape index (κ3) is 4.75. The highest BCUT2D eigenvalue weighted by Gasteiger charge is 2.27. The predicted molar refractivity (Wildman–Crippen MR) is 131 cm³/mol. The van der Waals surface area contributed by atoms with Crippen LogP contribution in [-0.4, -0.2) is 39.1 Å². The normalized spacial score (nSPS) is 11.8. The van der Waals surface area contributed by atoms with Gasteiger partial charge in [0.1, 0.15) is 23.2 Å². The van der Waals surface area contributed by atoms with Gasteiger partial charge in [-0.15, -0.1) is 0 Å². The molecule has 190 valence electrons. The van der Waals surface area contributed by atoms with Gasteiger partial charge < -0.3 is 14.6 Å². The van der Waals surface area contributed by atoms with E-state index in [0.29, 0.717) is 22.0 Å². The number of fused-ring (bicyclic) bond motifs is 1. The number of methoxy groups -OCH3 is 1. The molecule has 1 amide bonds. The molecule has 37 heavy (non-hydrogen) atoms. The van der Waals surface area contributed by atoms with Gasteiger partial charge >= 0.3 is 11.7 Å². The number of carbonyl (C=O) groups is 2. The number of amides is 1. The highest BCUT2D eigenvalue weighted by atomic mass is 19.1. The van der Waals surface area contributed by atoms with Gasteiger partial charge in [-0.05, 0) is 29.3 Å². The van der Waals surface area contributed by atoms with Crippen molar-refractivity contribution in [1.82, 2.24) is 19.4 Å². The molecule has 2 aromatic heterocycles. The Morgan fingerprint density at radius 1 is 1.03 bits per heavy atom. The molecule has 0 aliphatic rings. The lowest BCUT2D eigenvalue weighted by Gasteiger charge is -2.18. The Bertz CT molecular complexity index is 1640. The predicted octanol–water partition coefficient (Wildman–Crippen LogP) is 2.09. The number of nitrogens with zero attached hydrogens (tertiary/aromatic N) is 3. The van der Waals surface area contributed by atoms with Crippen molar-refractivity contribution in [3.63, 3.8) is 0 Å². The van der Waals surface area contributed by atoms with Crippen LogP contribution in [0, 0.1) is 11.6 Å². The summed E-state index contributed by atoms with van der Waals surface area (Å²) in [6.45, 7) is 0. The second-order valence-corrected chi connectivity index (χ2v) is 8.32. The first-order chi connectivity index (χ1) is 17.6. The van der Waals surface area contributed by atoms with Crippen LogP contribution in [-0.2, 0) is 30.0 Å². The molecule has 0 unspecified atom stereocenters. The van der Waals surface area contributed by atoms with E-state index in [9.17, 15) is 28.0 Å². The van der Waals surface area contributed by atoms with E-state index >= 15 is 0 Å². The first kappa shape index (κ1) is 25.4. The maximum absolute atomic E-state index is 14.1. The average molecular weight is 508 g/mol. The number of benzene rings is 2. The van der Waals surface area contributed by atoms with Gasteiger partial charge in [0.05, 0.1) is 18.2 Å². The van der Waals surface area contributed by atoms with Crippen molar-refractivity contribution < 1.29 is 23.1 Å². The fourth-order valence-corrected chi connectivity index (χ4v) is 4.12.